The summed E-state index contributed by atoms with van der Waals surface area (Å²) in [7, 11) is -3.67. The van der Waals surface area contributed by atoms with Crippen LogP contribution in [0.5, 0.6) is 0 Å². The van der Waals surface area contributed by atoms with Gasteiger partial charge in [-0.05, 0) is 31.7 Å². The lowest BCUT2D eigenvalue weighted by atomic mass is 9.91. The maximum atomic E-state index is 11.5. The minimum atomic E-state index is -3.67. The molecule has 1 rings (SSSR count). The average Bonchev–Trinajstić information content (AvgIpc) is 2.38. The quantitative estimate of drug-likeness (QED) is 0.237. The van der Waals surface area contributed by atoms with Crippen molar-refractivity contribution in [3.05, 3.63) is 22.1 Å². The predicted molar refractivity (Wildman–Crippen MR) is 80.3 cm³/mol. The topological polar surface area (TPSA) is 101 Å². The van der Waals surface area contributed by atoms with Crippen molar-refractivity contribution < 1.29 is 17.3 Å². The molecule has 21 heavy (non-hydrogen) atoms. The van der Waals surface area contributed by atoms with Gasteiger partial charge >= 0.3 is 0 Å². The van der Waals surface area contributed by atoms with E-state index in [4.69, 9.17) is 14.5 Å². The standard InChI is InChI=1S/C13H23N3O4S/c1-5-10(6-2)19-12-8-9(3)7-11(15-16-14)13(12)20-21(4,17)18/h7,10-13H,5-6,8H2,1-4H3/t11-,12-,13+/m1/s1. The Kier molecular flexibility index (Phi) is 6.67. The Morgan fingerprint density at radius 3 is 2.57 bits per heavy atom. The minimum absolute atomic E-state index is 0.0262. The number of hydrogen-bond acceptors (Lipinski definition) is 5. The zero-order valence-electron chi connectivity index (χ0n) is 12.9. The van der Waals surface area contributed by atoms with Gasteiger partial charge in [-0.3, -0.25) is 4.18 Å². The minimum Gasteiger partial charge on any atom is -0.372 e. The summed E-state index contributed by atoms with van der Waals surface area (Å²) < 4.78 is 34.1. The maximum Gasteiger partial charge on any atom is 0.264 e. The first kappa shape index (κ1) is 18.0. The lowest BCUT2D eigenvalue weighted by Crippen LogP contribution is -2.45. The van der Waals surface area contributed by atoms with Gasteiger partial charge in [0.25, 0.3) is 10.1 Å². The van der Waals surface area contributed by atoms with Gasteiger partial charge in [0.2, 0.25) is 0 Å². The van der Waals surface area contributed by atoms with Gasteiger partial charge in [-0.25, -0.2) is 0 Å². The van der Waals surface area contributed by atoms with Crippen LogP contribution in [0.25, 0.3) is 10.4 Å². The fourth-order valence-corrected chi connectivity index (χ4v) is 3.08. The first-order chi connectivity index (χ1) is 9.80. The molecule has 0 bridgehead atoms. The molecular weight excluding hydrogens is 294 g/mol. The molecule has 0 heterocycles. The molecule has 0 aromatic heterocycles. The highest BCUT2D eigenvalue weighted by molar-refractivity contribution is 7.86. The monoisotopic (exact) mass is 317 g/mol. The molecule has 0 unspecified atom stereocenters. The van der Waals surface area contributed by atoms with Crippen LogP contribution in [0.2, 0.25) is 0 Å². The van der Waals surface area contributed by atoms with Crippen molar-refractivity contribution in [1.29, 1.82) is 0 Å². The molecule has 120 valence electrons. The summed E-state index contributed by atoms with van der Waals surface area (Å²) in [6.45, 7) is 5.92. The molecule has 0 saturated heterocycles. The molecule has 0 amide bonds. The van der Waals surface area contributed by atoms with Gasteiger partial charge in [0.05, 0.1) is 24.5 Å². The summed E-state index contributed by atoms with van der Waals surface area (Å²) in [5.41, 5.74) is 9.66. The third-order valence-corrected chi connectivity index (χ3v) is 4.00. The molecule has 1 aliphatic rings. The van der Waals surface area contributed by atoms with Crippen molar-refractivity contribution >= 4 is 10.1 Å². The molecule has 0 aliphatic heterocycles. The van der Waals surface area contributed by atoms with E-state index >= 15 is 0 Å². The first-order valence-corrected chi connectivity index (χ1v) is 8.87. The van der Waals surface area contributed by atoms with Gasteiger partial charge in [-0.1, -0.05) is 30.6 Å². The normalized spacial score (nSPS) is 26.3. The number of nitrogens with zero attached hydrogens (tertiary/aromatic N) is 3. The zero-order chi connectivity index (χ0) is 16.0. The van der Waals surface area contributed by atoms with E-state index in [0.29, 0.717) is 6.42 Å². The molecule has 0 radical (unpaired) electrons. The lowest BCUT2D eigenvalue weighted by Gasteiger charge is -2.35. The SMILES string of the molecule is CCC(CC)O[C@@H]1CC(C)=C[C@@H](N=[N+]=[N-])[C@@H]1OS(C)(=O)=O. The summed E-state index contributed by atoms with van der Waals surface area (Å²) >= 11 is 0. The van der Waals surface area contributed by atoms with E-state index in [1.165, 1.54) is 0 Å². The number of azide groups is 1. The Labute approximate surface area is 126 Å². The molecular formula is C13H23N3O4S. The Morgan fingerprint density at radius 1 is 1.48 bits per heavy atom. The summed E-state index contributed by atoms with van der Waals surface area (Å²) in [5.74, 6) is 0. The highest BCUT2D eigenvalue weighted by Gasteiger charge is 2.37. The fourth-order valence-electron chi connectivity index (χ4n) is 2.44. The van der Waals surface area contributed by atoms with E-state index < -0.39 is 28.4 Å². The van der Waals surface area contributed by atoms with E-state index in [1.807, 2.05) is 20.8 Å². The van der Waals surface area contributed by atoms with Gasteiger partial charge in [0, 0.05) is 4.91 Å². The van der Waals surface area contributed by atoms with Crippen LogP contribution >= 0.6 is 0 Å². The molecule has 1 aliphatic carbocycles. The largest absolute Gasteiger partial charge is 0.372 e. The summed E-state index contributed by atoms with van der Waals surface area (Å²) in [6.07, 6.45) is 3.71. The Bertz CT molecular complexity index is 522. The molecule has 0 saturated carbocycles. The third-order valence-electron chi connectivity index (χ3n) is 3.43. The number of ether oxygens (including phenoxy) is 1. The molecule has 8 heteroatoms. The smallest absolute Gasteiger partial charge is 0.264 e. The zero-order valence-corrected chi connectivity index (χ0v) is 13.7. The molecule has 0 spiro atoms. The van der Waals surface area contributed by atoms with Crippen LogP contribution in [0.15, 0.2) is 16.8 Å². The number of hydrogen-bond donors (Lipinski definition) is 0. The molecule has 0 aromatic carbocycles. The Morgan fingerprint density at radius 2 is 2.10 bits per heavy atom. The molecule has 0 N–H and O–H groups in total. The maximum absolute atomic E-state index is 11.5. The van der Waals surface area contributed by atoms with Crippen molar-refractivity contribution in [2.24, 2.45) is 5.11 Å². The van der Waals surface area contributed by atoms with Gasteiger partial charge in [0.15, 0.2) is 0 Å². The van der Waals surface area contributed by atoms with Gasteiger partial charge in [0.1, 0.15) is 6.10 Å². The van der Waals surface area contributed by atoms with Crippen LogP contribution in [0.4, 0.5) is 0 Å². The van der Waals surface area contributed by atoms with Crippen molar-refractivity contribution in [3.63, 3.8) is 0 Å². The second kappa shape index (κ2) is 7.79. The Hall–Kier alpha value is -1.08. The van der Waals surface area contributed by atoms with Crippen LogP contribution in [0.1, 0.15) is 40.0 Å². The Balaban J connectivity index is 3.06. The number of rotatable bonds is 7. The highest BCUT2D eigenvalue weighted by Crippen LogP contribution is 2.29. The molecule has 3 atom stereocenters. The summed E-state index contributed by atoms with van der Waals surface area (Å²) in [5, 5.41) is 3.64. The van der Waals surface area contributed by atoms with Crippen molar-refractivity contribution in [2.75, 3.05) is 6.26 Å². The summed E-state index contributed by atoms with van der Waals surface area (Å²) in [6, 6.07) is -0.683. The molecule has 0 fully saturated rings. The first-order valence-electron chi connectivity index (χ1n) is 7.05. The highest BCUT2D eigenvalue weighted by atomic mass is 32.2. The van der Waals surface area contributed by atoms with Crippen LogP contribution in [0.3, 0.4) is 0 Å². The average molecular weight is 317 g/mol. The fraction of sp³-hybridized carbons (Fsp3) is 0.846. The van der Waals surface area contributed by atoms with E-state index in [1.54, 1.807) is 6.08 Å². The van der Waals surface area contributed by atoms with Gasteiger partial charge < -0.3 is 4.74 Å². The molecule has 7 nitrogen and oxygen atoms in total. The van der Waals surface area contributed by atoms with Crippen molar-refractivity contribution in [3.8, 4) is 0 Å². The lowest BCUT2D eigenvalue weighted by molar-refractivity contribution is -0.0742. The second-order valence-electron chi connectivity index (χ2n) is 5.29. The van der Waals surface area contributed by atoms with E-state index in [0.717, 1.165) is 24.7 Å². The van der Waals surface area contributed by atoms with Crippen LogP contribution < -0.4 is 0 Å². The predicted octanol–water partition coefficient (Wildman–Crippen LogP) is 2.93. The van der Waals surface area contributed by atoms with Gasteiger partial charge in [-0.2, -0.15) is 8.42 Å². The summed E-state index contributed by atoms with van der Waals surface area (Å²) in [4.78, 5) is 2.78. The van der Waals surface area contributed by atoms with Gasteiger partial charge in [-0.15, -0.1) is 0 Å². The van der Waals surface area contributed by atoms with Crippen molar-refractivity contribution in [1.82, 2.24) is 0 Å². The van der Waals surface area contributed by atoms with E-state index in [2.05, 4.69) is 10.0 Å². The second-order valence-corrected chi connectivity index (χ2v) is 6.89. The third kappa shape index (κ3) is 5.67. The van der Waals surface area contributed by atoms with Crippen molar-refractivity contribution in [2.45, 2.75) is 64.4 Å². The van der Waals surface area contributed by atoms with Crippen LogP contribution in [-0.4, -0.2) is 39.0 Å². The van der Waals surface area contributed by atoms with E-state index in [9.17, 15) is 8.42 Å². The van der Waals surface area contributed by atoms with Crippen LogP contribution in [-0.2, 0) is 19.0 Å². The van der Waals surface area contributed by atoms with Crippen LogP contribution in [0, 0.1) is 0 Å². The molecule has 0 aromatic rings. The van der Waals surface area contributed by atoms with E-state index in [-0.39, 0.29) is 6.10 Å².